The van der Waals surface area contributed by atoms with Crippen molar-refractivity contribution in [2.75, 3.05) is 5.32 Å². The van der Waals surface area contributed by atoms with Gasteiger partial charge in [0.1, 0.15) is 0 Å². The number of nitrogens with zero attached hydrogens (tertiary/aromatic N) is 1. The summed E-state index contributed by atoms with van der Waals surface area (Å²) in [5.41, 5.74) is 1.66. The Morgan fingerprint density at radius 1 is 1.24 bits per heavy atom. The van der Waals surface area contributed by atoms with Crippen LogP contribution in [0.4, 0.5) is 5.82 Å². The zero-order valence-corrected chi connectivity index (χ0v) is 15.6. The van der Waals surface area contributed by atoms with E-state index in [0.717, 1.165) is 11.3 Å². The second-order valence-electron chi connectivity index (χ2n) is 6.97. The highest BCUT2D eigenvalue weighted by Gasteiger charge is 2.20. The Bertz CT molecular complexity index is 747. The largest absolute Gasteiger partial charge is 0.349 e. The van der Waals surface area contributed by atoms with E-state index in [1.165, 1.54) is 6.92 Å². The summed E-state index contributed by atoms with van der Waals surface area (Å²) in [7, 11) is 0. The molecule has 0 bridgehead atoms. The van der Waals surface area contributed by atoms with Gasteiger partial charge in [0.05, 0.1) is 12.5 Å². The Kier molecular flexibility index (Phi) is 5.85. The van der Waals surface area contributed by atoms with Crippen LogP contribution in [-0.2, 0) is 15.0 Å². The lowest BCUT2D eigenvalue weighted by Gasteiger charge is -2.18. The number of amides is 2. The zero-order chi connectivity index (χ0) is 18.6. The predicted molar refractivity (Wildman–Crippen MR) is 98.5 cm³/mol. The molecule has 7 heteroatoms. The van der Waals surface area contributed by atoms with E-state index in [-0.39, 0.29) is 23.7 Å². The van der Waals surface area contributed by atoms with E-state index < -0.39 is 6.04 Å². The molecule has 3 N–H and O–H groups in total. The minimum absolute atomic E-state index is 0.0853. The Morgan fingerprint density at radius 2 is 1.88 bits per heavy atom. The molecule has 0 aliphatic carbocycles. The molecule has 0 aliphatic rings. The summed E-state index contributed by atoms with van der Waals surface area (Å²) in [6, 6.07) is 8.43. The number of benzene rings is 1. The second-order valence-corrected chi connectivity index (χ2v) is 7.41. The number of aromatic amines is 1. The minimum Gasteiger partial charge on any atom is -0.349 e. The zero-order valence-electron chi connectivity index (χ0n) is 14.8. The van der Waals surface area contributed by atoms with Gasteiger partial charge in [-0.3, -0.25) is 14.7 Å². The standard InChI is InChI=1S/C18H23ClN4O2/c1-11(24)20-14(12-5-7-13(19)8-6-12)9-17(25)21-16-10-15(22-23-16)18(2,3)4/h5-8,10,14H,9H2,1-4H3,(H,20,24)(H2,21,22,23,25). The molecule has 0 aliphatic heterocycles. The highest BCUT2D eigenvalue weighted by Crippen LogP contribution is 2.23. The maximum atomic E-state index is 12.4. The molecular weight excluding hydrogens is 340 g/mol. The van der Waals surface area contributed by atoms with Gasteiger partial charge in [-0.05, 0) is 17.7 Å². The summed E-state index contributed by atoms with van der Waals surface area (Å²) in [6.45, 7) is 7.59. The summed E-state index contributed by atoms with van der Waals surface area (Å²) in [5.74, 6) is 0.0239. The van der Waals surface area contributed by atoms with Crippen molar-refractivity contribution >= 4 is 29.2 Å². The smallest absolute Gasteiger partial charge is 0.227 e. The lowest BCUT2D eigenvalue weighted by atomic mass is 9.92. The average molecular weight is 363 g/mol. The molecule has 1 aromatic heterocycles. The molecule has 0 fully saturated rings. The lowest BCUT2D eigenvalue weighted by molar-refractivity contribution is -0.120. The van der Waals surface area contributed by atoms with Crippen LogP contribution in [0.25, 0.3) is 0 Å². The van der Waals surface area contributed by atoms with E-state index in [4.69, 9.17) is 11.6 Å². The number of hydrogen-bond acceptors (Lipinski definition) is 3. The van der Waals surface area contributed by atoms with Crippen LogP contribution < -0.4 is 10.6 Å². The molecule has 1 unspecified atom stereocenters. The number of nitrogens with one attached hydrogen (secondary N) is 3. The van der Waals surface area contributed by atoms with E-state index in [0.29, 0.717) is 10.8 Å². The predicted octanol–water partition coefficient (Wildman–Crippen LogP) is 3.57. The van der Waals surface area contributed by atoms with Crippen LogP contribution >= 0.6 is 11.6 Å². The van der Waals surface area contributed by atoms with Crippen LogP contribution in [-0.4, -0.2) is 22.0 Å². The molecule has 134 valence electrons. The minimum atomic E-state index is -0.434. The van der Waals surface area contributed by atoms with Crippen molar-refractivity contribution in [2.45, 2.75) is 45.6 Å². The fraction of sp³-hybridized carbons (Fsp3) is 0.389. The molecule has 1 aromatic carbocycles. The van der Waals surface area contributed by atoms with Crippen molar-refractivity contribution in [1.29, 1.82) is 0 Å². The van der Waals surface area contributed by atoms with Crippen molar-refractivity contribution in [3.05, 3.63) is 46.6 Å². The lowest BCUT2D eigenvalue weighted by Crippen LogP contribution is -2.29. The van der Waals surface area contributed by atoms with Gasteiger partial charge in [0.15, 0.2) is 5.82 Å². The molecule has 0 saturated carbocycles. The van der Waals surface area contributed by atoms with E-state index in [2.05, 4.69) is 41.6 Å². The summed E-state index contributed by atoms with van der Waals surface area (Å²) in [6.07, 6.45) is 0.0962. The average Bonchev–Trinajstić information content (AvgIpc) is 2.95. The first kappa shape index (κ1) is 19.0. The number of H-pyrrole nitrogens is 1. The fourth-order valence-corrected chi connectivity index (χ4v) is 2.47. The van der Waals surface area contributed by atoms with Gasteiger partial charge in [0.25, 0.3) is 0 Å². The van der Waals surface area contributed by atoms with Crippen LogP contribution in [0, 0.1) is 0 Å². The quantitative estimate of drug-likeness (QED) is 0.759. The Balaban J connectivity index is 2.07. The van der Waals surface area contributed by atoms with Gasteiger partial charge >= 0.3 is 0 Å². The van der Waals surface area contributed by atoms with Gasteiger partial charge in [-0.1, -0.05) is 44.5 Å². The number of carbonyl (C=O) groups is 2. The number of aromatic nitrogens is 2. The molecular formula is C18H23ClN4O2. The molecule has 2 rings (SSSR count). The van der Waals surface area contributed by atoms with Gasteiger partial charge in [-0.15, -0.1) is 0 Å². The summed E-state index contributed by atoms with van der Waals surface area (Å²) in [4.78, 5) is 23.8. The summed E-state index contributed by atoms with van der Waals surface area (Å²) >= 11 is 5.90. The SMILES string of the molecule is CC(=O)NC(CC(=O)Nc1cc(C(C)(C)C)[nH]n1)c1ccc(Cl)cc1. The van der Waals surface area contributed by atoms with E-state index in [1.54, 1.807) is 24.3 Å². The van der Waals surface area contributed by atoms with E-state index in [9.17, 15) is 9.59 Å². The first-order chi connectivity index (χ1) is 11.6. The van der Waals surface area contributed by atoms with Crippen LogP contribution in [0.5, 0.6) is 0 Å². The van der Waals surface area contributed by atoms with Crippen molar-refractivity contribution < 1.29 is 9.59 Å². The Morgan fingerprint density at radius 3 is 2.40 bits per heavy atom. The second kappa shape index (κ2) is 7.70. The van der Waals surface area contributed by atoms with E-state index >= 15 is 0 Å². The molecule has 2 amide bonds. The van der Waals surface area contributed by atoms with Crippen molar-refractivity contribution in [3.8, 4) is 0 Å². The van der Waals surface area contributed by atoms with Gasteiger partial charge in [-0.25, -0.2) is 0 Å². The number of anilines is 1. The summed E-state index contributed by atoms with van der Waals surface area (Å²) < 4.78 is 0. The topological polar surface area (TPSA) is 86.9 Å². The Hall–Kier alpha value is -2.34. The maximum absolute atomic E-state index is 12.4. The molecule has 0 saturated heterocycles. The highest BCUT2D eigenvalue weighted by atomic mass is 35.5. The molecule has 0 spiro atoms. The number of halogens is 1. The summed E-state index contributed by atoms with van der Waals surface area (Å²) in [5, 5.41) is 13.2. The van der Waals surface area contributed by atoms with E-state index in [1.807, 2.05) is 6.07 Å². The molecule has 25 heavy (non-hydrogen) atoms. The van der Waals surface area contributed by atoms with Crippen molar-refractivity contribution in [2.24, 2.45) is 0 Å². The maximum Gasteiger partial charge on any atom is 0.227 e. The molecule has 2 aromatic rings. The van der Waals surface area contributed by atoms with Crippen LogP contribution in [0.15, 0.2) is 30.3 Å². The van der Waals surface area contributed by atoms with Crippen LogP contribution in [0.3, 0.4) is 0 Å². The third-order valence-electron chi connectivity index (χ3n) is 3.69. The van der Waals surface area contributed by atoms with Gasteiger partial charge < -0.3 is 10.6 Å². The highest BCUT2D eigenvalue weighted by molar-refractivity contribution is 6.30. The van der Waals surface area contributed by atoms with Crippen LogP contribution in [0.2, 0.25) is 5.02 Å². The van der Waals surface area contributed by atoms with Crippen LogP contribution in [0.1, 0.15) is 51.4 Å². The van der Waals surface area contributed by atoms with Crippen molar-refractivity contribution in [3.63, 3.8) is 0 Å². The van der Waals surface area contributed by atoms with Crippen molar-refractivity contribution in [1.82, 2.24) is 15.5 Å². The number of carbonyl (C=O) groups excluding carboxylic acids is 2. The monoisotopic (exact) mass is 362 g/mol. The fourth-order valence-electron chi connectivity index (χ4n) is 2.34. The first-order valence-electron chi connectivity index (χ1n) is 8.03. The number of hydrogen-bond donors (Lipinski definition) is 3. The first-order valence-corrected chi connectivity index (χ1v) is 8.41. The van der Waals surface area contributed by atoms with Gasteiger partial charge in [0.2, 0.25) is 11.8 Å². The third kappa shape index (κ3) is 5.60. The molecule has 0 radical (unpaired) electrons. The molecule has 6 nitrogen and oxygen atoms in total. The Labute approximate surface area is 152 Å². The normalized spacial score (nSPS) is 12.5. The third-order valence-corrected chi connectivity index (χ3v) is 3.94. The van der Waals surface area contributed by atoms with Gasteiger partial charge in [0, 0.05) is 29.1 Å². The molecule has 1 atom stereocenters. The number of rotatable bonds is 5. The molecule has 1 heterocycles. The van der Waals surface area contributed by atoms with Gasteiger partial charge in [-0.2, -0.15) is 5.10 Å².